The quantitative estimate of drug-likeness (QED) is 0.220. The van der Waals surface area contributed by atoms with Gasteiger partial charge in [0.2, 0.25) is 0 Å². The molecule has 1 aliphatic rings. The van der Waals surface area contributed by atoms with E-state index in [1.807, 2.05) is 24.3 Å². The van der Waals surface area contributed by atoms with E-state index in [9.17, 15) is 23.5 Å². The molecular weight excluding hydrogens is 584 g/mol. The van der Waals surface area contributed by atoms with Crippen LogP contribution in [0.1, 0.15) is 34.3 Å². The van der Waals surface area contributed by atoms with Gasteiger partial charge in [-0.1, -0.05) is 12.1 Å². The van der Waals surface area contributed by atoms with E-state index in [-0.39, 0.29) is 36.2 Å². The highest BCUT2D eigenvalue weighted by atomic mass is 19.1. The number of carbonyl (C=O) groups excluding carboxylic acids is 2. The maximum Gasteiger partial charge on any atom is 0.330 e. The zero-order chi connectivity index (χ0) is 31.9. The van der Waals surface area contributed by atoms with Crippen LogP contribution in [0.3, 0.4) is 0 Å². The van der Waals surface area contributed by atoms with Crippen molar-refractivity contribution in [3.8, 4) is 5.75 Å². The van der Waals surface area contributed by atoms with E-state index in [0.717, 1.165) is 24.5 Å². The summed E-state index contributed by atoms with van der Waals surface area (Å²) in [6.07, 6.45) is 3.45. The van der Waals surface area contributed by atoms with Crippen LogP contribution in [0.25, 0.3) is 11.0 Å². The molecule has 1 saturated heterocycles. The van der Waals surface area contributed by atoms with E-state index in [4.69, 9.17) is 9.47 Å². The molecule has 12 heteroatoms. The van der Waals surface area contributed by atoms with Gasteiger partial charge in [-0.25, -0.2) is 18.6 Å². The van der Waals surface area contributed by atoms with Crippen LogP contribution in [0.2, 0.25) is 0 Å². The third-order valence-electron chi connectivity index (χ3n) is 7.97. The summed E-state index contributed by atoms with van der Waals surface area (Å²) in [7, 11) is 3.17. The fourth-order valence-corrected chi connectivity index (χ4v) is 5.78. The van der Waals surface area contributed by atoms with Gasteiger partial charge in [-0.3, -0.25) is 9.36 Å². The van der Waals surface area contributed by atoms with Crippen LogP contribution < -0.4 is 15.4 Å². The molecule has 0 radical (unpaired) electrons. The second-order valence-corrected chi connectivity index (χ2v) is 11.1. The van der Waals surface area contributed by atoms with Crippen molar-refractivity contribution < 1.29 is 33.0 Å². The van der Waals surface area contributed by atoms with E-state index in [1.165, 1.54) is 22.9 Å². The summed E-state index contributed by atoms with van der Waals surface area (Å²) in [5.74, 6) is -1.40. The highest BCUT2D eigenvalue weighted by molar-refractivity contribution is 6.08. The van der Waals surface area contributed by atoms with Crippen LogP contribution in [0.5, 0.6) is 5.75 Å². The fourth-order valence-electron chi connectivity index (χ4n) is 5.78. The summed E-state index contributed by atoms with van der Waals surface area (Å²) in [6.45, 7) is 1.43. The van der Waals surface area contributed by atoms with Gasteiger partial charge in [-0.2, -0.15) is 0 Å². The van der Waals surface area contributed by atoms with E-state index in [0.29, 0.717) is 36.5 Å². The average molecular weight is 622 g/mol. The average Bonchev–Trinajstić information content (AvgIpc) is 3.65. The lowest BCUT2D eigenvalue weighted by molar-refractivity contribution is 0.0831. The zero-order valence-electron chi connectivity index (χ0n) is 25.2. The van der Waals surface area contributed by atoms with Gasteiger partial charge < -0.3 is 30.1 Å². The van der Waals surface area contributed by atoms with E-state index in [2.05, 4.69) is 15.6 Å². The Hall–Kier alpha value is -4.39. The van der Waals surface area contributed by atoms with Gasteiger partial charge in [0.1, 0.15) is 23.0 Å². The number of pyridine rings is 1. The molecule has 3 heterocycles. The highest BCUT2D eigenvalue weighted by Gasteiger charge is 2.32. The van der Waals surface area contributed by atoms with Gasteiger partial charge in [-0.15, -0.1) is 0 Å². The molecule has 0 unspecified atom stereocenters. The third kappa shape index (κ3) is 7.64. The van der Waals surface area contributed by atoms with Crippen LogP contribution >= 0.6 is 0 Å². The number of methoxy groups -OCH3 is 2. The number of nitrogens with one attached hydrogen (secondary N) is 2. The van der Waals surface area contributed by atoms with Crippen LogP contribution in [0, 0.1) is 11.6 Å². The number of carbonyl (C=O) groups is 2. The lowest BCUT2D eigenvalue weighted by atomic mass is 10.00. The summed E-state index contributed by atoms with van der Waals surface area (Å²) in [5.41, 5.74) is 1.69. The Labute approximate surface area is 260 Å². The second kappa shape index (κ2) is 14.6. The Morgan fingerprint density at radius 2 is 1.89 bits per heavy atom. The van der Waals surface area contributed by atoms with Crippen LogP contribution in [0.15, 0.2) is 67.0 Å². The summed E-state index contributed by atoms with van der Waals surface area (Å²) >= 11 is 0. The number of hydrogen-bond acceptors (Lipinski definition) is 7. The van der Waals surface area contributed by atoms with Crippen molar-refractivity contribution in [2.75, 3.05) is 33.9 Å². The minimum atomic E-state index is -1.14. The Morgan fingerprint density at radius 1 is 1.09 bits per heavy atom. The minimum absolute atomic E-state index is 0.0509. The van der Waals surface area contributed by atoms with Crippen LogP contribution in [0.4, 0.5) is 13.6 Å². The molecule has 238 valence electrons. The molecule has 1 fully saturated rings. The number of aromatic nitrogens is 2. The summed E-state index contributed by atoms with van der Waals surface area (Å²) in [4.78, 5) is 33.5. The Bertz CT molecular complexity index is 1630. The first kappa shape index (κ1) is 32.0. The van der Waals surface area contributed by atoms with Crippen molar-refractivity contribution in [3.63, 3.8) is 0 Å². The normalized spacial score (nSPS) is 16.1. The molecule has 2 aromatic heterocycles. The van der Waals surface area contributed by atoms with Crippen molar-refractivity contribution in [2.45, 2.75) is 44.0 Å². The standard InChI is InChI=1S/C33H37F2N5O5/c1-44-20-25-7-5-11-39(25)33(43)40-19-28(27-9-4-10-37-31(27)40)32(42)38-29(15-22-12-23(34)16-24(35)13-22)30(41)18-36-17-21-6-3-8-26(14-21)45-2/h3-4,6,8-10,12-14,16,19,25,29-30,36,41H,5,7,11,15,17-18,20H2,1-2H3,(H,38,42)/t25-,29+,30-/m1/s1. The maximum absolute atomic E-state index is 14.1. The van der Waals surface area contributed by atoms with Crippen LogP contribution in [-0.2, 0) is 17.7 Å². The van der Waals surface area contributed by atoms with Crippen molar-refractivity contribution in [1.29, 1.82) is 0 Å². The van der Waals surface area contributed by atoms with E-state index < -0.39 is 29.7 Å². The van der Waals surface area contributed by atoms with Crippen molar-refractivity contribution in [1.82, 2.24) is 25.1 Å². The molecular formula is C33H37F2N5O5. The molecule has 3 atom stereocenters. The predicted octanol–water partition coefficient (Wildman–Crippen LogP) is 3.89. The topological polar surface area (TPSA) is 118 Å². The van der Waals surface area contributed by atoms with Gasteiger partial charge in [0.25, 0.3) is 5.91 Å². The molecule has 0 saturated carbocycles. The monoisotopic (exact) mass is 621 g/mol. The molecule has 0 aliphatic carbocycles. The molecule has 2 amide bonds. The van der Waals surface area contributed by atoms with Gasteiger partial charge in [0.15, 0.2) is 0 Å². The first-order valence-electron chi connectivity index (χ1n) is 14.8. The second-order valence-electron chi connectivity index (χ2n) is 11.1. The van der Waals surface area contributed by atoms with Gasteiger partial charge in [-0.05, 0) is 66.8 Å². The Morgan fingerprint density at radius 3 is 2.64 bits per heavy atom. The lowest BCUT2D eigenvalue weighted by Gasteiger charge is -2.25. The number of halogens is 2. The summed E-state index contributed by atoms with van der Waals surface area (Å²) in [6, 6.07) is 12.6. The Balaban J connectivity index is 1.38. The number of nitrogens with zero attached hydrogens (tertiary/aromatic N) is 3. The van der Waals surface area contributed by atoms with Crippen molar-refractivity contribution >= 4 is 23.0 Å². The predicted molar refractivity (Wildman–Crippen MR) is 164 cm³/mol. The van der Waals surface area contributed by atoms with E-state index in [1.54, 1.807) is 37.4 Å². The largest absolute Gasteiger partial charge is 0.497 e. The molecule has 2 aromatic carbocycles. The van der Waals surface area contributed by atoms with E-state index >= 15 is 0 Å². The lowest BCUT2D eigenvalue weighted by Crippen LogP contribution is -2.48. The zero-order valence-corrected chi connectivity index (χ0v) is 25.2. The first-order valence-corrected chi connectivity index (χ1v) is 14.8. The minimum Gasteiger partial charge on any atom is -0.497 e. The van der Waals surface area contributed by atoms with Crippen LogP contribution in [-0.4, -0.2) is 83.6 Å². The highest BCUT2D eigenvalue weighted by Crippen LogP contribution is 2.24. The Kier molecular flexibility index (Phi) is 10.4. The first-order chi connectivity index (χ1) is 21.8. The van der Waals surface area contributed by atoms with Gasteiger partial charge >= 0.3 is 6.03 Å². The number of benzene rings is 2. The summed E-state index contributed by atoms with van der Waals surface area (Å²) < 4.78 is 40.0. The fraction of sp³-hybridized carbons (Fsp3) is 0.364. The number of amides is 2. The molecule has 0 spiro atoms. The SMILES string of the molecule is COC[C@H]1CCCN1C(=O)n1cc(C(=O)N[C@@H](Cc2cc(F)cc(F)c2)[C@H](O)CNCc2cccc(OC)c2)c2cccnc21. The number of aliphatic hydroxyl groups is 1. The molecule has 3 N–H and O–H groups in total. The number of likely N-dealkylation sites (tertiary alicyclic amines) is 1. The smallest absolute Gasteiger partial charge is 0.330 e. The maximum atomic E-state index is 14.1. The van der Waals surface area contributed by atoms with Crippen molar-refractivity contribution in [2.24, 2.45) is 0 Å². The number of aliphatic hydroxyl groups excluding tert-OH is 1. The van der Waals surface area contributed by atoms with Gasteiger partial charge in [0, 0.05) is 50.6 Å². The third-order valence-corrected chi connectivity index (χ3v) is 7.97. The number of fused-ring (bicyclic) bond motifs is 1. The molecule has 1 aliphatic heterocycles. The molecule has 0 bridgehead atoms. The number of rotatable bonds is 12. The number of hydrogen-bond donors (Lipinski definition) is 3. The number of ether oxygens (including phenoxy) is 2. The molecule has 5 rings (SSSR count). The summed E-state index contributed by atoms with van der Waals surface area (Å²) in [5, 5.41) is 17.7. The van der Waals surface area contributed by atoms with Crippen molar-refractivity contribution in [3.05, 3.63) is 95.3 Å². The molecule has 10 nitrogen and oxygen atoms in total. The molecule has 45 heavy (non-hydrogen) atoms. The van der Waals surface area contributed by atoms with Gasteiger partial charge in [0.05, 0.1) is 37.5 Å². The molecule has 4 aromatic rings.